The Hall–Kier alpha value is -2.04. The first-order valence-corrected chi connectivity index (χ1v) is 9.17. The SMILES string of the molecule is Brc1ccc2oc3ccc4c(Br)ccc5oc6ccc1c2c6-c3c54. The second kappa shape index (κ2) is 4.32. The topological polar surface area (TPSA) is 26.3 Å². The molecule has 0 fully saturated rings. The van der Waals surface area contributed by atoms with Crippen LogP contribution in [-0.4, -0.2) is 0 Å². The number of halogens is 2. The molecule has 0 bridgehead atoms. The van der Waals surface area contributed by atoms with E-state index in [0.29, 0.717) is 0 Å². The second-order valence-corrected chi connectivity index (χ2v) is 7.73. The summed E-state index contributed by atoms with van der Waals surface area (Å²) in [6.07, 6.45) is 0. The van der Waals surface area contributed by atoms with Gasteiger partial charge in [-0.2, -0.15) is 0 Å². The van der Waals surface area contributed by atoms with Gasteiger partial charge in [0.1, 0.15) is 22.3 Å². The highest BCUT2D eigenvalue weighted by molar-refractivity contribution is 9.11. The van der Waals surface area contributed by atoms with Crippen molar-refractivity contribution in [3.05, 3.63) is 57.5 Å². The molecule has 6 rings (SSSR count). The summed E-state index contributed by atoms with van der Waals surface area (Å²) in [4.78, 5) is 0. The maximum absolute atomic E-state index is 6.24. The van der Waals surface area contributed by atoms with Gasteiger partial charge in [-0.1, -0.05) is 31.9 Å². The minimum atomic E-state index is 0.874. The van der Waals surface area contributed by atoms with E-state index < -0.39 is 0 Å². The Kier molecular flexibility index (Phi) is 2.39. The van der Waals surface area contributed by atoms with E-state index in [9.17, 15) is 0 Å². The van der Waals surface area contributed by atoms with Gasteiger partial charge in [0.15, 0.2) is 0 Å². The van der Waals surface area contributed by atoms with Crippen LogP contribution in [0.25, 0.3) is 55.0 Å². The summed E-state index contributed by atoms with van der Waals surface area (Å²) in [6.45, 7) is 0. The fraction of sp³-hybridized carbons (Fsp3) is 0. The van der Waals surface area contributed by atoms with Crippen molar-refractivity contribution in [2.45, 2.75) is 0 Å². The molecule has 4 aromatic carbocycles. The zero-order valence-electron chi connectivity index (χ0n) is 12.2. The first-order chi connectivity index (χ1) is 11.7. The van der Waals surface area contributed by atoms with Crippen LogP contribution in [0.3, 0.4) is 0 Å². The zero-order chi connectivity index (χ0) is 16.0. The van der Waals surface area contributed by atoms with Crippen LogP contribution in [-0.2, 0) is 0 Å². The lowest BCUT2D eigenvalue weighted by atomic mass is 9.90. The van der Waals surface area contributed by atoms with Gasteiger partial charge < -0.3 is 8.83 Å². The molecule has 24 heavy (non-hydrogen) atoms. The molecular formula is C20H8Br2O2. The van der Waals surface area contributed by atoms with E-state index in [1.807, 2.05) is 36.4 Å². The summed E-state index contributed by atoms with van der Waals surface area (Å²) in [7, 11) is 0. The summed E-state index contributed by atoms with van der Waals surface area (Å²) in [5.74, 6) is 0. The molecular weight excluding hydrogens is 432 g/mol. The lowest BCUT2D eigenvalue weighted by Crippen LogP contribution is -1.94. The monoisotopic (exact) mass is 438 g/mol. The Bertz CT molecular complexity index is 1270. The largest absolute Gasteiger partial charge is 0.456 e. The molecule has 0 saturated carbocycles. The molecule has 0 aromatic heterocycles. The summed E-state index contributed by atoms with van der Waals surface area (Å²) < 4.78 is 14.6. The van der Waals surface area contributed by atoms with Crippen molar-refractivity contribution in [2.24, 2.45) is 0 Å². The third-order valence-electron chi connectivity index (χ3n) is 4.79. The smallest absolute Gasteiger partial charge is 0.136 e. The minimum Gasteiger partial charge on any atom is -0.456 e. The maximum atomic E-state index is 6.24. The van der Waals surface area contributed by atoms with Gasteiger partial charge in [0.2, 0.25) is 0 Å². The molecule has 2 aliphatic rings. The maximum Gasteiger partial charge on any atom is 0.136 e. The molecule has 0 N–H and O–H groups in total. The molecule has 2 aliphatic heterocycles. The van der Waals surface area contributed by atoms with Crippen molar-refractivity contribution < 1.29 is 8.83 Å². The van der Waals surface area contributed by atoms with Gasteiger partial charge in [0.25, 0.3) is 0 Å². The van der Waals surface area contributed by atoms with Crippen LogP contribution >= 0.6 is 31.9 Å². The Morgan fingerprint density at radius 1 is 0.500 bits per heavy atom. The van der Waals surface area contributed by atoms with Crippen LogP contribution in [0, 0.1) is 0 Å². The van der Waals surface area contributed by atoms with Gasteiger partial charge in [0, 0.05) is 41.6 Å². The van der Waals surface area contributed by atoms with Crippen LogP contribution in [0.4, 0.5) is 0 Å². The highest BCUT2D eigenvalue weighted by atomic mass is 79.9. The number of rotatable bonds is 0. The Balaban J connectivity index is 2.06. The van der Waals surface area contributed by atoms with Crippen molar-refractivity contribution in [1.29, 1.82) is 0 Å². The quantitative estimate of drug-likeness (QED) is 0.180. The minimum absolute atomic E-state index is 0.874. The Morgan fingerprint density at radius 3 is 1.38 bits per heavy atom. The zero-order valence-corrected chi connectivity index (χ0v) is 15.4. The summed E-state index contributed by atoms with van der Waals surface area (Å²) in [6, 6.07) is 16.3. The molecule has 2 nitrogen and oxygen atoms in total. The molecule has 0 amide bonds. The van der Waals surface area contributed by atoms with E-state index >= 15 is 0 Å². The van der Waals surface area contributed by atoms with Crippen molar-refractivity contribution in [2.75, 3.05) is 0 Å². The molecule has 2 heterocycles. The molecule has 4 aromatic rings. The van der Waals surface area contributed by atoms with E-state index in [1.165, 1.54) is 0 Å². The van der Waals surface area contributed by atoms with Gasteiger partial charge >= 0.3 is 0 Å². The standard InChI is InChI=1S/C20H8Br2O2/c21-11-3-7-13-17-9(11)1-5-15-19(17)20-16(24-13)6-2-10-12(22)4-8-14(23-15)18(10)20/h1-8H. The molecule has 114 valence electrons. The summed E-state index contributed by atoms with van der Waals surface area (Å²) >= 11 is 7.31. The fourth-order valence-corrected chi connectivity index (χ4v) is 4.72. The van der Waals surface area contributed by atoms with Gasteiger partial charge in [-0.3, -0.25) is 0 Å². The summed E-state index contributed by atoms with van der Waals surface area (Å²) in [5, 5.41) is 4.48. The van der Waals surface area contributed by atoms with E-state index in [2.05, 4.69) is 44.0 Å². The number of hydrogen-bond donors (Lipinski definition) is 0. The molecule has 4 heteroatoms. The third kappa shape index (κ3) is 1.47. The molecule has 0 radical (unpaired) electrons. The van der Waals surface area contributed by atoms with E-state index in [1.54, 1.807) is 0 Å². The van der Waals surface area contributed by atoms with E-state index in [4.69, 9.17) is 8.83 Å². The lowest BCUT2D eigenvalue weighted by molar-refractivity contribution is 0.646. The predicted octanol–water partition coefficient (Wildman–Crippen LogP) is 7.55. The average Bonchev–Trinajstić information content (AvgIpc) is 2.61. The molecule has 0 saturated heterocycles. The highest BCUT2D eigenvalue weighted by Crippen LogP contribution is 2.49. The highest BCUT2D eigenvalue weighted by Gasteiger charge is 2.25. The first kappa shape index (κ1) is 13.3. The normalized spacial score (nSPS) is 12.6. The Labute approximate surface area is 152 Å². The van der Waals surface area contributed by atoms with Gasteiger partial charge in [0.05, 0.1) is 0 Å². The van der Waals surface area contributed by atoms with Crippen LogP contribution in [0.5, 0.6) is 0 Å². The van der Waals surface area contributed by atoms with Crippen molar-refractivity contribution in [1.82, 2.24) is 0 Å². The first-order valence-electron chi connectivity index (χ1n) is 7.59. The fourth-order valence-electron chi connectivity index (χ4n) is 3.79. The Morgan fingerprint density at radius 2 is 0.917 bits per heavy atom. The number of hydrogen-bond acceptors (Lipinski definition) is 2. The lowest BCUT2D eigenvalue weighted by Gasteiger charge is -2.20. The van der Waals surface area contributed by atoms with Crippen LogP contribution in [0.1, 0.15) is 0 Å². The molecule has 0 aliphatic carbocycles. The molecule has 0 unspecified atom stereocenters. The predicted molar refractivity (Wildman–Crippen MR) is 104 cm³/mol. The van der Waals surface area contributed by atoms with Crippen molar-refractivity contribution >= 4 is 75.7 Å². The van der Waals surface area contributed by atoms with Gasteiger partial charge in [-0.05, 0) is 48.5 Å². The summed E-state index contributed by atoms with van der Waals surface area (Å²) in [5.41, 5.74) is 5.77. The average molecular weight is 440 g/mol. The van der Waals surface area contributed by atoms with E-state index in [0.717, 1.165) is 63.9 Å². The van der Waals surface area contributed by atoms with Gasteiger partial charge in [-0.15, -0.1) is 0 Å². The molecule has 0 spiro atoms. The van der Waals surface area contributed by atoms with Crippen molar-refractivity contribution in [3.8, 4) is 11.1 Å². The van der Waals surface area contributed by atoms with E-state index in [-0.39, 0.29) is 0 Å². The van der Waals surface area contributed by atoms with Crippen LogP contribution in [0.2, 0.25) is 0 Å². The number of benzene rings is 4. The van der Waals surface area contributed by atoms with Crippen molar-refractivity contribution in [3.63, 3.8) is 0 Å². The van der Waals surface area contributed by atoms with Gasteiger partial charge in [-0.25, -0.2) is 0 Å². The second-order valence-electron chi connectivity index (χ2n) is 6.02. The third-order valence-corrected chi connectivity index (χ3v) is 6.18. The van der Waals surface area contributed by atoms with Crippen LogP contribution < -0.4 is 0 Å². The van der Waals surface area contributed by atoms with Crippen LogP contribution in [0.15, 0.2) is 66.3 Å². The molecule has 0 atom stereocenters.